The molecular formula is C12H27Sb. The van der Waals surface area contributed by atoms with E-state index in [1.165, 1.54) is 19.3 Å². The average Bonchev–Trinajstić information content (AvgIpc) is 2.16. The summed E-state index contributed by atoms with van der Waals surface area (Å²) in [5.74, 6) is 0. The predicted molar refractivity (Wildman–Crippen MR) is 64.9 cm³/mol. The molecule has 0 bridgehead atoms. The molecule has 0 radical (unpaired) electrons. The van der Waals surface area contributed by atoms with Crippen molar-refractivity contribution in [1.29, 1.82) is 0 Å². The van der Waals surface area contributed by atoms with Crippen LogP contribution in [0.15, 0.2) is 0 Å². The molecule has 0 spiro atoms. The van der Waals surface area contributed by atoms with Gasteiger partial charge in [0.1, 0.15) is 0 Å². The summed E-state index contributed by atoms with van der Waals surface area (Å²) in [6, 6.07) is 0. The monoisotopic (exact) mass is 292 g/mol. The zero-order chi connectivity index (χ0) is 10.4. The maximum absolute atomic E-state index is 2.50. The fraction of sp³-hybridized carbons (Fsp3) is 1.00. The molecule has 0 heterocycles. The van der Waals surface area contributed by atoms with Crippen LogP contribution in [0.25, 0.3) is 0 Å². The average molecular weight is 293 g/mol. The van der Waals surface area contributed by atoms with Gasteiger partial charge in [-0.1, -0.05) is 0 Å². The standard InChI is InChI=1S/3C4H9.Sb/c3*1-3-4-2;/h3*3H,4H2,1-2H3;. The van der Waals surface area contributed by atoms with Crippen molar-refractivity contribution < 1.29 is 0 Å². The first-order valence-corrected chi connectivity index (χ1v) is 10.3. The third-order valence-corrected chi connectivity index (χ3v) is 15.1. The van der Waals surface area contributed by atoms with Crippen LogP contribution in [-0.4, -0.2) is 20.2 Å². The van der Waals surface area contributed by atoms with Gasteiger partial charge in [0.2, 0.25) is 0 Å². The summed E-state index contributed by atoms with van der Waals surface area (Å²) in [5.41, 5.74) is 0. The predicted octanol–water partition coefficient (Wildman–Crippen LogP) is 4.88. The summed E-state index contributed by atoms with van der Waals surface area (Å²) in [4.78, 5) is 0. The Kier molecular flexibility index (Phi) is 7.61. The van der Waals surface area contributed by atoms with Gasteiger partial charge in [0.05, 0.1) is 0 Å². The van der Waals surface area contributed by atoms with Crippen LogP contribution in [0, 0.1) is 0 Å². The van der Waals surface area contributed by atoms with Gasteiger partial charge in [0.25, 0.3) is 0 Å². The molecule has 0 aromatic heterocycles. The molecule has 0 aromatic carbocycles. The van der Waals surface area contributed by atoms with Gasteiger partial charge in [-0.15, -0.1) is 0 Å². The zero-order valence-corrected chi connectivity index (χ0v) is 12.9. The van der Waals surface area contributed by atoms with E-state index in [0.717, 1.165) is 11.6 Å². The van der Waals surface area contributed by atoms with E-state index >= 15 is 0 Å². The first-order valence-electron chi connectivity index (χ1n) is 5.85. The molecule has 0 aliphatic rings. The summed E-state index contributed by atoms with van der Waals surface area (Å²) in [6.45, 7) is 14.6. The van der Waals surface area contributed by atoms with Crippen molar-refractivity contribution in [3.05, 3.63) is 0 Å². The first-order chi connectivity index (χ1) is 6.08. The van der Waals surface area contributed by atoms with Gasteiger partial charge >= 0.3 is 92.6 Å². The second kappa shape index (κ2) is 7.16. The van der Waals surface area contributed by atoms with E-state index < -0.39 is 20.2 Å². The van der Waals surface area contributed by atoms with Crippen LogP contribution >= 0.6 is 0 Å². The van der Waals surface area contributed by atoms with E-state index in [2.05, 4.69) is 41.5 Å². The summed E-state index contributed by atoms with van der Waals surface area (Å²) in [5, 5.41) is 0. The van der Waals surface area contributed by atoms with Crippen LogP contribution in [0.3, 0.4) is 0 Å². The summed E-state index contributed by atoms with van der Waals surface area (Å²) >= 11 is -0.979. The van der Waals surface area contributed by atoms with Crippen LogP contribution < -0.4 is 0 Å². The normalized spacial score (nSPS) is 18.7. The van der Waals surface area contributed by atoms with Crippen LogP contribution in [-0.2, 0) is 0 Å². The molecule has 0 fully saturated rings. The second-order valence-corrected chi connectivity index (χ2v) is 14.3. The van der Waals surface area contributed by atoms with E-state index in [9.17, 15) is 0 Å². The van der Waals surface area contributed by atoms with Crippen molar-refractivity contribution in [2.75, 3.05) is 0 Å². The minimum atomic E-state index is -0.979. The van der Waals surface area contributed by atoms with Crippen molar-refractivity contribution in [3.63, 3.8) is 0 Å². The van der Waals surface area contributed by atoms with E-state index in [4.69, 9.17) is 0 Å². The van der Waals surface area contributed by atoms with Crippen LogP contribution in [0.2, 0.25) is 11.6 Å². The van der Waals surface area contributed by atoms with Crippen molar-refractivity contribution in [3.8, 4) is 0 Å². The van der Waals surface area contributed by atoms with Crippen LogP contribution in [0.1, 0.15) is 60.8 Å². The van der Waals surface area contributed by atoms with Crippen molar-refractivity contribution in [2.24, 2.45) is 0 Å². The molecular weight excluding hydrogens is 266 g/mol. The molecule has 3 atom stereocenters. The zero-order valence-electron chi connectivity index (χ0n) is 10.3. The van der Waals surface area contributed by atoms with E-state index in [0.29, 0.717) is 0 Å². The molecule has 0 rings (SSSR count). The summed E-state index contributed by atoms with van der Waals surface area (Å²) in [6.07, 6.45) is 4.24. The summed E-state index contributed by atoms with van der Waals surface area (Å²) in [7, 11) is 0. The molecule has 80 valence electrons. The Hall–Kier alpha value is 0.818. The van der Waals surface area contributed by atoms with Crippen molar-refractivity contribution >= 4 is 20.2 Å². The van der Waals surface area contributed by atoms with E-state index in [1.807, 2.05) is 0 Å². The van der Waals surface area contributed by atoms with Gasteiger partial charge in [0, 0.05) is 0 Å². The molecule has 0 nitrogen and oxygen atoms in total. The van der Waals surface area contributed by atoms with Gasteiger partial charge in [-0.05, 0) is 0 Å². The fourth-order valence-electron chi connectivity index (χ4n) is 1.94. The Morgan fingerprint density at radius 2 is 0.923 bits per heavy atom. The Labute approximate surface area is 92.4 Å². The Bertz CT molecular complexity index is 98.5. The van der Waals surface area contributed by atoms with Gasteiger partial charge in [-0.2, -0.15) is 0 Å². The molecule has 1 heteroatoms. The van der Waals surface area contributed by atoms with E-state index in [1.54, 1.807) is 0 Å². The molecule has 0 amide bonds. The minimum absolute atomic E-state index is 0.979. The molecule has 0 aliphatic heterocycles. The second-order valence-electron chi connectivity index (χ2n) is 4.22. The number of hydrogen-bond donors (Lipinski definition) is 0. The van der Waals surface area contributed by atoms with Crippen molar-refractivity contribution in [2.45, 2.75) is 72.4 Å². The van der Waals surface area contributed by atoms with Gasteiger partial charge in [0.15, 0.2) is 0 Å². The number of rotatable bonds is 6. The Morgan fingerprint density at radius 3 is 1.08 bits per heavy atom. The first kappa shape index (κ1) is 13.8. The third kappa shape index (κ3) is 4.24. The molecule has 13 heavy (non-hydrogen) atoms. The van der Waals surface area contributed by atoms with Gasteiger partial charge in [-0.25, -0.2) is 0 Å². The molecule has 3 unspecified atom stereocenters. The topological polar surface area (TPSA) is 0 Å². The molecule has 0 saturated carbocycles. The van der Waals surface area contributed by atoms with Crippen LogP contribution in [0.5, 0.6) is 0 Å². The van der Waals surface area contributed by atoms with Crippen LogP contribution in [0.4, 0.5) is 0 Å². The van der Waals surface area contributed by atoms with Crippen molar-refractivity contribution in [1.82, 2.24) is 0 Å². The molecule has 0 saturated heterocycles. The maximum atomic E-state index is 2.50. The van der Waals surface area contributed by atoms with E-state index in [-0.39, 0.29) is 0 Å². The third-order valence-electron chi connectivity index (χ3n) is 3.30. The SMILES string of the molecule is CC[CH](C)[Sb]([CH](C)CC)[CH](C)CC. The molecule has 0 aliphatic carbocycles. The quantitative estimate of drug-likeness (QED) is 0.612. The molecule has 0 aromatic rings. The molecule has 0 N–H and O–H groups in total. The van der Waals surface area contributed by atoms with Gasteiger partial charge in [-0.3, -0.25) is 0 Å². The Balaban J connectivity index is 4.34. The Morgan fingerprint density at radius 1 is 0.692 bits per heavy atom. The van der Waals surface area contributed by atoms with Gasteiger partial charge < -0.3 is 0 Å². The number of hydrogen-bond acceptors (Lipinski definition) is 0. The fourth-order valence-corrected chi connectivity index (χ4v) is 13.0. The summed E-state index contributed by atoms with van der Waals surface area (Å²) < 4.78 is 3.23.